The summed E-state index contributed by atoms with van der Waals surface area (Å²) < 4.78 is 13.0. The van der Waals surface area contributed by atoms with Gasteiger partial charge in [0.1, 0.15) is 5.82 Å². The molecule has 0 bridgehead atoms. The van der Waals surface area contributed by atoms with E-state index >= 15 is 0 Å². The molecule has 0 unspecified atom stereocenters. The quantitative estimate of drug-likeness (QED) is 0.800. The summed E-state index contributed by atoms with van der Waals surface area (Å²) in [5.74, 6) is -0.426. The lowest BCUT2D eigenvalue weighted by Crippen LogP contribution is -2.00. The van der Waals surface area contributed by atoms with Gasteiger partial charge in [-0.3, -0.25) is 0 Å². The minimum Gasteiger partial charge on any atom is -0.380 e. The van der Waals surface area contributed by atoms with Crippen molar-refractivity contribution in [2.75, 3.05) is 5.32 Å². The van der Waals surface area contributed by atoms with Gasteiger partial charge in [-0.1, -0.05) is 40.9 Å². The Hall–Kier alpha value is -0.960. The molecule has 2 rings (SSSR count). The standard InChI is InChI=1S/C13H9Cl3FN/c14-9-2-4-13(11(16)6-9)18-7-8-1-3-12(17)10(15)5-8/h1-6,18H,7H2. The zero-order valence-corrected chi connectivity index (χ0v) is 11.5. The van der Waals surface area contributed by atoms with Crippen LogP contribution in [0.3, 0.4) is 0 Å². The first-order chi connectivity index (χ1) is 8.56. The van der Waals surface area contributed by atoms with Gasteiger partial charge >= 0.3 is 0 Å². The lowest BCUT2D eigenvalue weighted by atomic mass is 10.2. The smallest absolute Gasteiger partial charge is 0.141 e. The largest absolute Gasteiger partial charge is 0.380 e. The fourth-order valence-electron chi connectivity index (χ4n) is 1.48. The first-order valence-electron chi connectivity index (χ1n) is 5.19. The maximum atomic E-state index is 13.0. The number of rotatable bonds is 3. The van der Waals surface area contributed by atoms with Crippen molar-refractivity contribution in [2.24, 2.45) is 0 Å². The molecule has 0 amide bonds. The molecule has 0 radical (unpaired) electrons. The van der Waals surface area contributed by atoms with Gasteiger partial charge in [0.15, 0.2) is 0 Å². The molecule has 18 heavy (non-hydrogen) atoms. The van der Waals surface area contributed by atoms with Crippen molar-refractivity contribution < 1.29 is 4.39 Å². The number of hydrogen-bond acceptors (Lipinski definition) is 1. The Balaban J connectivity index is 2.09. The molecule has 0 spiro atoms. The van der Waals surface area contributed by atoms with Gasteiger partial charge in [0.25, 0.3) is 0 Å². The van der Waals surface area contributed by atoms with Crippen LogP contribution in [-0.2, 0) is 6.54 Å². The van der Waals surface area contributed by atoms with E-state index in [9.17, 15) is 4.39 Å². The highest BCUT2D eigenvalue weighted by Gasteiger charge is 2.03. The Morgan fingerprint density at radius 2 is 1.72 bits per heavy atom. The molecule has 0 fully saturated rings. The molecule has 1 nitrogen and oxygen atoms in total. The highest BCUT2D eigenvalue weighted by atomic mass is 35.5. The van der Waals surface area contributed by atoms with E-state index in [0.29, 0.717) is 16.6 Å². The number of halogens is 4. The van der Waals surface area contributed by atoms with Gasteiger partial charge in [-0.2, -0.15) is 0 Å². The molecule has 0 aromatic heterocycles. The Bertz CT molecular complexity index is 572. The Kier molecular flexibility index (Phi) is 4.33. The van der Waals surface area contributed by atoms with E-state index < -0.39 is 5.82 Å². The van der Waals surface area contributed by atoms with Crippen LogP contribution in [0.25, 0.3) is 0 Å². The molecule has 94 valence electrons. The molecule has 0 aliphatic heterocycles. The average Bonchev–Trinajstić information content (AvgIpc) is 2.32. The second-order valence-corrected chi connectivity index (χ2v) is 4.98. The Morgan fingerprint density at radius 3 is 2.39 bits per heavy atom. The summed E-state index contributed by atoms with van der Waals surface area (Å²) in [4.78, 5) is 0. The molecule has 5 heteroatoms. The van der Waals surface area contributed by atoms with Gasteiger partial charge in [0.2, 0.25) is 0 Å². The van der Waals surface area contributed by atoms with Crippen molar-refractivity contribution >= 4 is 40.5 Å². The third-order valence-electron chi connectivity index (χ3n) is 2.40. The van der Waals surface area contributed by atoms with Crippen molar-refractivity contribution in [3.8, 4) is 0 Å². The van der Waals surface area contributed by atoms with Crippen LogP contribution in [0.5, 0.6) is 0 Å². The minimum atomic E-state index is -0.426. The summed E-state index contributed by atoms with van der Waals surface area (Å²) in [7, 11) is 0. The molecule has 0 atom stereocenters. The van der Waals surface area contributed by atoms with Gasteiger partial charge < -0.3 is 5.32 Å². The maximum Gasteiger partial charge on any atom is 0.141 e. The monoisotopic (exact) mass is 303 g/mol. The van der Waals surface area contributed by atoms with E-state index in [-0.39, 0.29) is 5.02 Å². The highest BCUT2D eigenvalue weighted by molar-refractivity contribution is 6.36. The maximum absolute atomic E-state index is 13.0. The first-order valence-corrected chi connectivity index (χ1v) is 6.32. The minimum absolute atomic E-state index is 0.108. The van der Waals surface area contributed by atoms with E-state index in [1.165, 1.54) is 6.07 Å². The molecule has 2 aromatic rings. The number of nitrogens with one attached hydrogen (secondary N) is 1. The topological polar surface area (TPSA) is 12.0 Å². The SMILES string of the molecule is Fc1ccc(CNc2ccc(Cl)cc2Cl)cc1Cl. The molecular formula is C13H9Cl3FN. The van der Waals surface area contributed by atoms with E-state index in [2.05, 4.69) is 5.32 Å². The van der Waals surface area contributed by atoms with Crippen molar-refractivity contribution in [3.05, 3.63) is 62.8 Å². The molecule has 0 aliphatic carbocycles. The zero-order chi connectivity index (χ0) is 13.1. The molecule has 0 heterocycles. The van der Waals surface area contributed by atoms with Gasteiger partial charge in [0.05, 0.1) is 15.7 Å². The van der Waals surface area contributed by atoms with E-state index in [0.717, 1.165) is 11.3 Å². The predicted molar refractivity (Wildman–Crippen MR) is 75.2 cm³/mol. The Morgan fingerprint density at radius 1 is 0.944 bits per heavy atom. The number of anilines is 1. The van der Waals surface area contributed by atoms with E-state index in [1.807, 2.05) is 0 Å². The first kappa shape index (κ1) is 13.5. The van der Waals surface area contributed by atoms with Crippen LogP contribution in [0.2, 0.25) is 15.1 Å². The van der Waals surface area contributed by atoms with Crippen LogP contribution in [0.15, 0.2) is 36.4 Å². The van der Waals surface area contributed by atoms with Crippen LogP contribution in [0.1, 0.15) is 5.56 Å². The summed E-state index contributed by atoms with van der Waals surface area (Å²) in [5, 5.41) is 4.36. The summed E-state index contributed by atoms with van der Waals surface area (Å²) >= 11 is 17.5. The second kappa shape index (κ2) is 5.79. The predicted octanol–water partition coefficient (Wildman–Crippen LogP) is 5.40. The third kappa shape index (κ3) is 3.29. The van der Waals surface area contributed by atoms with Crippen LogP contribution in [0, 0.1) is 5.82 Å². The van der Waals surface area contributed by atoms with Crippen LogP contribution in [-0.4, -0.2) is 0 Å². The lowest BCUT2D eigenvalue weighted by molar-refractivity contribution is 0.627. The molecule has 0 aliphatic rings. The summed E-state index contributed by atoms with van der Waals surface area (Å²) in [6, 6.07) is 9.76. The molecule has 2 aromatic carbocycles. The fourth-order valence-corrected chi connectivity index (χ4v) is 2.16. The molecule has 0 saturated heterocycles. The van der Waals surface area contributed by atoms with Crippen LogP contribution in [0.4, 0.5) is 10.1 Å². The van der Waals surface area contributed by atoms with E-state index in [1.54, 1.807) is 30.3 Å². The second-order valence-electron chi connectivity index (χ2n) is 3.73. The van der Waals surface area contributed by atoms with Gasteiger partial charge in [0, 0.05) is 11.6 Å². The lowest BCUT2D eigenvalue weighted by Gasteiger charge is -2.09. The van der Waals surface area contributed by atoms with Crippen molar-refractivity contribution in [2.45, 2.75) is 6.54 Å². The third-order valence-corrected chi connectivity index (χ3v) is 3.24. The van der Waals surface area contributed by atoms with Crippen LogP contribution < -0.4 is 5.32 Å². The van der Waals surface area contributed by atoms with Crippen molar-refractivity contribution in [1.82, 2.24) is 0 Å². The number of hydrogen-bond donors (Lipinski definition) is 1. The van der Waals surface area contributed by atoms with Crippen molar-refractivity contribution in [1.29, 1.82) is 0 Å². The van der Waals surface area contributed by atoms with Gasteiger partial charge in [-0.25, -0.2) is 4.39 Å². The molecule has 1 N–H and O–H groups in total. The van der Waals surface area contributed by atoms with E-state index in [4.69, 9.17) is 34.8 Å². The van der Waals surface area contributed by atoms with Crippen LogP contribution >= 0.6 is 34.8 Å². The average molecular weight is 305 g/mol. The molecule has 0 saturated carbocycles. The van der Waals surface area contributed by atoms with Gasteiger partial charge in [-0.15, -0.1) is 0 Å². The van der Waals surface area contributed by atoms with Crippen molar-refractivity contribution in [3.63, 3.8) is 0 Å². The summed E-state index contributed by atoms with van der Waals surface area (Å²) in [6.07, 6.45) is 0. The normalized spacial score (nSPS) is 10.4. The number of benzene rings is 2. The molecular weight excluding hydrogens is 296 g/mol. The fraction of sp³-hybridized carbons (Fsp3) is 0.0769. The van der Waals surface area contributed by atoms with Gasteiger partial charge in [-0.05, 0) is 35.9 Å². The Labute approximate surface area is 119 Å². The summed E-state index contributed by atoms with van der Waals surface area (Å²) in [5.41, 5.74) is 1.63. The summed E-state index contributed by atoms with van der Waals surface area (Å²) in [6.45, 7) is 0.501. The highest BCUT2D eigenvalue weighted by Crippen LogP contribution is 2.26. The zero-order valence-electron chi connectivity index (χ0n) is 9.18.